The number of halogens is 3. The molecule has 0 aliphatic rings. The Kier molecular flexibility index (Phi) is 4.77. The zero-order valence-corrected chi connectivity index (χ0v) is 15.5. The molecule has 144 valence electrons. The minimum Gasteiger partial charge on any atom is -0.484 e. The molecule has 0 saturated heterocycles. The highest BCUT2D eigenvalue weighted by Crippen LogP contribution is 2.31. The maximum Gasteiger partial charge on any atom is 0.422 e. The molecule has 6 nitrogen and oxygen atoms in total. The highest BCUT2D eigenvalue weighted by molar-refractivity contribution is 7.22. The number of ether oxygens (including phenoxy) is 1. The molecule has 0 aliphatic carbocycles. The third-order valence-electron chi connectivity index (χ3n) is 3.49. The summed E-state index contributed by atoms with van der Waals surface area (Å²) < 4.78 is 47.3. The number of anilines is 1. The molecule has 0 spiro atoms. The Balaban J connectivity index is 1.48. The van der Waals surface area contributed by atoms with Crippen LogP contribution >= 0.6 is 22.7 Å². The fourth-order valence-corrected chi connectivity index (χ4v) is 3.85. The molecule has 3 heterocycles. The Labute approximate surface area is 163 Å². The summed E-state index contributed by atoms with van der Waals surface area (Å²) >= 11 is 2.57. The first kappa shape index (κ1) is 18.4. The van der Waals surface area contributed by atoms with Gasteiger partial charge in [-0.2, -0.15) is 13.2 Å². The first-order chi connectivity index (χ1) is 13.4. The second-order valence-corrected chi connectivity index (χ2v) is 7.54. The number of nitrogens with one attached hydrogen (secondary N) is 1. The first-order valence-electron chi connectivity index (χ1n) is 7.79. The van der Waals surface area contributed by atoms with Crippen molar-refractivity contribution < 1.29 is 27.2 Å². The van der Waals surface area contributed by atoms with Crippen molar-refractivity contribution in [1.82, 2.24) is 10.1 Å². The van der Waals surface area contributed by atoms with E-state index in [2.05, 4.69) is 15.5 Å². The molecule has 4 aromatic rings. The van der Waals surface area contributed by atoms with Gasteiger partial charge in [-0.1, -0.05) is 22.6 Å². The van der Waals surface area contributed by atoms with E-state index in [1.165, 1.54) is 35.6 Å². The van der Waals surface area contributed by atoms with Gasteiger partial charge in [0.2, 0.25) is 0 Å². The number of nitrogens with zero attached hydrogens (tertiary/aromatic N) is 2. The molecule has 1 N–H and O–H groups in total. The molecule has 3 aromatic heterocycles. The van der Waals surface area contributed by atoms with Crippen LogP contribution in [0.15, 0.2) is 46.3 Å². The molecular weight excluding hydrogens is 415 g/mol. The van der Waals surface area contributed by atoms with Crippen molar-refractivity contribution in [3.8, 4) is 16.4 Å². The van der Waals surface area contributed by atoms with Crippen LogP contribution in [0.1, 0.15) is 10.5 Å². The van der Waals surface area contributed by atoms with Crippen molar-refractivity contribution in [3.05, 3.63) is 47.5 Å². The van der Waals surface area contributed by atoms with E-state index in [0.717, 1.165) is 16.2 Å². The monoisotopic (exact) mass is 425 g/mol. The lowest BCUT2D eigenvalue weighted by molar-refractivity contribution is -0.153. The van der Waals surface area contributed by atoms with Crippen molar-refractivity contribution >= 4 is 43.9 Å². The molecule has 0 atom stereocenters. The van der Waals surface area contributed by atoms with Gasteiger partial charge in [-0.15, -0.1) is 11.3 Å². The van der Waals surface area contributed by atoms with Gasteiger partial charge in [0.15, 0.2) is 23.2 Å². The Hall–Kier alpha value is -2.92. The zero-order valence-electron chi connectivity index (χ0n) is 13.8. The number of hydrogen-bond donors (Lipinski definition) is 1. The molecule has 1 aromatic carbocycles. The predicted octanol–water partition coefficient (Wildman–Crippen LogP) is 5.21. The smallest absolute Gasteiger partial charge is 0.422 e. The van der Waals surface area contributed by atoms with Crippen LogP contribution < -0.4 is 10.1 Å². The first-order valence-corrected chi connectivity index (χ1v) is 9.49. The number of carbonyl (C=O) groups excluding carboxylic acids is 1. The van der Waals surface area contributed by atoms with Crippen LogP contribution in [-0.4, -0.2) is 28.8 Å². The Bertz CT molecular complexity index is 1120. The van der Waals surface area contributed by atoms with Crippen molar-refractivity contribution in [2.75, 3.05) is 11.9 Å². The summed E-state index contributed by atoms with van der Waals surface area (Å²) in [5, 5.41) is 8.53. The van der Waals surface area contributed by atoms with Gasteiger partial charge in [0, 0.05) is 6.07 Å². The quantitative estimate of drug-likeness (QED) is 0.475. The van der Waals surface area contributed by atoms with Crippen LogP contribution in [0.5, 0.6) is 5.75 Å². The maximum absolute atomic E-state index is 12.3. The normalized spacial score (nSPS) is 11.7. The summed E-state index contributed by atoms with van der Waals surface area (Å²) in [6.07, 6.45) is -4.42. The number of amides is 1. The number of benzene rings is 1. The number of hydrogen-bond acceptors (Lipinski definition) is 7. The highest BCUT2D eigenvalue weighted by atomic mass is 32.1. The highest BCUT2D eigenvalue weighted by Gasteiger charge is 2.28. The van der Waals surface area contributed by atoms with Crippen LogP contribution in [0.2, 0.25) is 0 Å². The number of thiazole rings is 1. The predicted molar refractivity (Wildman–Crippen MR) is 98.9 cm³/mol. The van der Waals surface area contributed by atoms with E-state index in [1.807, 2.05) is 17.5 Å². The van der Waals surface area contributed by atoms with E-state index >= 15 is 0 Å². The molecule has 4 rings (SSSR count). The molecule has 0 bridgehead atoms. The number of rotatable bonds is 5. The van der Waals surface area contributed by atoms with Crippen LogP contribution in [0.25, 0.3) is 20.9 Å². The van der Waals surface area contributed by atoms with Crippen molar-refractivity contribution in [1.29, 1.82) is 0 Å². The Morgan fingerprint density at radius 2 is 2.11 bits per heavy atom. The molecule has 0 saturated carbocycles. The van der Waals surface area contributed by atoms with E-state index in [-0.39, 0.29) is 16.6 Å². The summed E-state index contributed by atoms with van der Waals surface area (Å²) in [5.74, 6) is 0.0542. The minimum atomic E-state index is -4.42. The lowest BCUT2D eigenvalue weighted by Gasteiger charge is -2.08. The van der Waals surface area contributed by atoms with Gasteiger partial charge < -0.3 is 9.26 Å². The number of aromatic nitrogens is 2. The SMILES string of the molecule is O=C(Nc1nc2ccc(OCC(F)(F)F)cc2s1)c1cc(-c2cccs2)on1. The van der Waals surface area contributed by atoms with E-state index < -0.39 is 18.7 Å². The summed E-state index contributed by atoms with van der Waals surface area (Å²) in [4.78, 5) is 17.4. The number of alkyl halides is 3. The third-order valence-corrected chi connectivity index (χ3v) is 5.31. The van der Waals surface area contributed by atoms with Gasteiger partial charge in [0.25, 0.3) is 5.91 Å². The van der Waals surface area contributed by atoms with Gasteiger partial charge in [-0.05, 0) is 29.6 Å². The maximum atomic E-state index is 12.3. The molecule has 0 unspecified atom stereocenters. The molecule has 0 radical (unpaired) electrons. The third kappa shape index (κ3) is 4.15. The van der Waals surface area contributed by atoms with Crippen LogP contribution in [0.3, 0.4) is 0 Å². The number of thiophene rings is 1. The fourth-order valence-electron chi connectivity index (χ4n) is 2.29. The van der Waals surface area contributed by atoms with Crippen molar-refractivity contribution in [3.63, 3.8) is 0 Å². The molecule has 28 heavy (non-hydrogen) atoms. The summed E-state index contributed by atoms with van der Waals surface area (Å²) in [5.41, 5.74) is 0.621. The largest absolute Gasteiger partial charge is 0.484 e. The summed E-state index contributed by atoms with van der Waals surface area (Å²) in [6.45, 7) is -1.38. The lowest BCUT2D eigenvalue weighted by Crippen LogP contribution is -2.19. The van der Waals surface area contributed by atoms with E-state index in [1.54, 1.807) is 0 Å². The second-order valence-electron chi connectivity index (χ2n) is 5.56. The van der Waals surface area contributed by atoms with Gasteiger partial charge in [-0.25, -0.2) is 4.98 Å². The minimum absolute atomic E-state index is 0.0726. The van der Waals surface area contributed by atoms with Gasteiger partial charge in [0.05, 0.1) is 15.1 Å². The Morgan fingerprint density at radius 3 is 2.86 bits per heavy atom. The molecular formula is C17H10F3N3O3S2. The number of carbonyl (C=O) groups is 1. The second kappa shape index (κ2) is 7.24. The number of fused-ring (bicyclic) bond motifs is 1. The topological polar surface area (TPSA) is 77.2 Å². The average Bonchev–Trinajstić information content (AvgIpc) is 3.37. The van der Waals surface area contributed by atoms with Crippen molar-refractivity contribution in [2.24, 2.45) is 0 Å². The van der Waals surface area contributed by atoms with E-state index in [4.69, 9.17) is 9.26 Å². The van der Waals surface area contributed by atoms with E-state index in [9.17, 15) is 18.0 Å². The average molecular weight is 425 g/mol. The van der Waals surface area contributed by atoms with Gasteiger partial charge in [-0.3, -0.25) is 10.1 Å². The summed E-state index contributed by atoms with van der Waals surface area (Å²) in [7, 11) is 0. The van der Waals surface area contributed by atoms with Crippen LogP contribution in [-0.2, 0) is 0 Å². The Morgan fingerprint density at radius 1 is 1.25 bits per heavy atom. The molecule has 0 fully saturated rings. The van der Waals surface area contributed by atoms with Crippen molar-refractivity contribution in [2.45, 2.75) is 6.18 Å². The molecule has 1 amide bonds. The molecule has 0 aliphatic heterocycles. The standard InChI is InChI=1S/C17H10F3N3O3S2/c18-17(19,20)8-25-9-3-4-10-14(6-9)28-16(21-10)22-15(24)11-7-12(26-23-11)13-2-1-5-27-13/h1-7H,8H2,(H,21,22,24). The van der Waals surface area contributed by atoms with Crippen LogP contribution in [0, 0.1) is 0 Å². The van der Waals surface area contributed by atoms with E-state index in [0.29, 0.717) is 16.0 Å². The summed E-state index contributed by atoms with van der Waals surface area (Å²) in [6, 6.07) is 9.59. The molecule has 11 heteroatoms. The fraction of sp³-hybridized carbons (Fsp3) is 0.118. The lowest BCUT2D eigenvalue weighted by atomic mass is 10.3. The van der Waals surface area contributed by atoms with Crippen LogP contribution in [0.4, 0.5) is 18.3 Å². The zero-order chi connectivity index (χ0) is 19.7. The van der Waals surface area contributed by atoms with Gasteiger partial charge in [0.1, 0.15) is 5.75 Å². The van der Waals surface area contributed by atoms with Gasteiger partial charge >= 0.3 is 6.18 Å².